The van der Waals surface area contributed by atoms with Crippen LogP contribution in [0.3, 0.4) is 0 Å². The number of benzene rings is 2. The Hall–Kier alpha value is -4.34. The fraction of sp³-hybridized carbons (Fsp3) is 0.280. The average molecular weight is 481 g/mol. The molecule has 0 bridgehead atoms. The molecule has 35 heavy (non-hydrogen) atoms. The van der Waals surface area contributed by atoms with Crippen molar-refractivity contribution < 1.29 is 19.4 Å². The Morgan fingerprint density at radius 2 is 1.09 bits per heavy atom. The first-order valence-electron chi connectivity index (χ1n) is 11.3. The highest BCUT2D eigenvalue weighted by Gasteiger charge is 2.05. The van der Waals surface area contributed by atoms with Crippen LogP contribution in [-0.2, 0) is 9.59 Å². The number of nitro benzene ring substituents is 2. The molecule has 10 heteroatoms. The highest BCUT2D eigenvalue weighted by atomic mass is 16.6. The summed E-state index contributed by atoms with van der Waals surface area (Å²) in [5.74, 6) is -0.505. The second-order valence-corrected chi connectivity index (χ2v) is 7.72. The molecule has 10 nitrogen and oxygen atoms in total. The number of non-ortho nitro benzene ring substituents is 2. The number of carbonyl (C=O) groups is 2. The minimum Gasteiger partial charge on any atom is -0.353 e. The maximum absolute atomic E-state index is 11.9. The summed E-state index contributed by atoms with van der Waals surface area (Å²) in [6.07, 6.45) is 10.3. The highest BCUT2D eigenvalue weighted by Crippen LogP contribution is 2.15. The number of unbranched alkanes of at least 4 members (excludes halogenated alkanes) is 4. The van der Waals surface area contributed by atoms with Gasteiger partial charge in [-0.15, -0.1) is 0 Å². The second kappa shape index (κ2) is 14.7. The number of nitro groups is 2. The zero-order chi connectivity index (χ0) is 25.5. The van der Waals surface area contributed by atoms with Crippen LogP contribution in [0.15, 0.2) is 60.7 Å². The van der Waals surface area contributed by atoms with Gasteiger partial charge in [-0.2, -0.15) is 0 Å². The summed E-state index contributed by atoms with van der Waals surface area (Å²) in [6.45, 7) is 1.08. The number of hydrogen-bond acceptors (Lipinski definition) is 6. The molecule has 0 heterocycles. The second-order valence-electron chi connectivity index (χ2n) is 7.72. The fourth-order valence-electron chi connectivity index (χ4n) is 3.15. The van der Waals surface area contributed by atoms with Gasteiger partial charge in [0, 0.05) is 49.5 Å². The largest absolute Gasteiger partial charge is 0.353 e. The average Bonchev–Trinajstić information content (AvgIpc) is 2.85. The molecular formula is C25H28N4O6. The first-order valence-corrected chi connectivity index (χ1v) is 11.3. The minimum absolute atomic E-state index is 0.0240. The first-order chi connectivity index (χ1) is 16.8. The Kier molecular flexibility index (Phi) is 11.3. The molecule has 184 valence electrons. The third-order valence-corrected chi connectivity index (χ3v) is 4.97. The van der Waals surface area contributed by atoms with Gasteiger partial charge >= 0.3 is 0 Å². The van der Waals surface area contributed by atoms with Gasteiger partial charge in [-0.3, -0.25) is 29.8 Å². The number of hydrogen-bond donors (Lipinski definition) is 2. The molecule has 0 atom stereocenters. The van der Waals surface area contributed by atoms with Crippen LogP contribution in [0.5, 0.6) is 0 Å². The van der Waals surface area contributed by atoms with Crippen molar-refractivity contribution in [3.63, 3.8) is 0 Å². The number of rotatable bonds is 14. The Labute approximate surface area is 203 Å². The summed E-state index contributed by atoms with van der Waals surface area (Å²) in [4.78, 5) is 44.3. The molecule has 0 spiro atoms. The van der Waals surface area contributed by atoms with Crippen molar-refractivity contribution in [3.05, 3.63) is 92.0 Å². The standard InChI is InChI=1S/C25H28N4O6/c30-24(14-12-20-8-6-10-22(18-20)28(32)33)26-16-4-2-1-3-5-17-27-25(31)15-13-21-9-7-11-23(19-21)29(34)35/h6-15,18-19H,1-5,16-17H2,(H,26,30)(H,27,31)/b14-12+,15-13+. The number of nitrogens with zero attached hydrogens (tertiary/aromatic N) is 2. The van der Waals surface area contributed by atoms with E-state index in [1.165, 1.54) is 48.6 Å². The van der Waals surface area contributed by atoms with Crippen LogP contribution in [0.1, 0.15) is 43.2 Å². The molecule has 0 saturated heterocycles. The van der Waals surface area contributed by atoms with Crippen LogP contribution in [0.2, 0.25) is 0 Å². The van der Waals surface area contributed by atoms with E-state index in [0.29, 0.717) is 24.2 Å². The number of carbonyl (C=O) groups excluding carboxylic acids is 2. The Morgan fingerprint density at radius 3 is 1.49 bits per heavy atom. The van der Waals surface area contributed by atoms with Crippen molar-refractivity contribution in [1.29, 1.82) is 0 Å². The van der Waals surface area contributed by atoms with E-state index in [1.54, 1.807) is 24.3 Å². The molecule has 0 radical (unpaired) electrons. The summed E-state index contributed by atoms with van der Waals surface area (Å²) in [5.41, 5.74) is 1.12. The van der Waals surface area contributed by atoms with E-state index >= 15 is 0 Å². The summed E-state index contributed by atoms with van der Waals surface area (Å²) in [7, 11) is 0. The van der Waals surface area contributed by atoms with Crippen molar-refractivity contribution in [2.75, 3.05) is 13.1 Å². The molecule has 2 rings (SSSR count). The van der Waals surface area contributed by atoms with Crippen LogP contribution < -0.4 is 10.6 Å². The van der Waals surface area contributed by atoms with E-state index in [2.05, 4.69) is 10.6 Å². The minimum atomic E-state index is -0.481. The van der Waals surface area contributed by atoms with Gasteiger partial charge in [-0.25, -0.2) is 0 Å². The quantitative estimate of drug-likeness (QED) is 0.177. The third kappa shape index (κ3) is 10.9. The molecule has 2 aromatic rings. The van der Waals surface area contributed by atoms with Crippen LogP contribution >= 0.6 is 0 Å². The lowest BCUT2D eigenvalue weighted by molar-refractivity contribution is -0.385. The maximum atomic E-state index is 11.9. The van der Waals surface area contributed by atoms with Gasteiger partial charge in [0.1, 0.15) is 0 Å². The molecule has 0 saturated carbocycles. The zero-order valence-corrected chi connectivity index (χ0v) is 19.2. The Bertz CT molecular complexity index is 1010. The van der Waals surface area contributed by atoms with Crippen molar-refractivity contribution in [1.82, 2.24) is 10.6 Å². The molecule has 0 unspecified atom stereocenters. The monoisotopic (exact) mass is 480 g/mol. The first kappa shape index (κ1) is 26.9. The molecule has 2 aromatic carbocycles. The van der Waals surface area contributed by atoms with E-state index in [4.69, 9.17) is 0 Å². The predicted octanol–water partition coefficient (Wildman–Crippen LogP) is 4.41. The van der Waals surface area contributed by atoms with Crippen molar-refractivity contribution in [3.8, 4) is 0 Å². The molecule has 0 aromatic heterocycles. The summed E-state index contributed by atoms with van der Waals surface area (Å²) in [5, 5.41) is 27.1. The molecular weight excluding hydrogens is 452 g/mol. The van der Waals surface area contributed by atoms with E-state index in [0.717, 1.165) is 32.1 Å². The van der Waals surface area contributed by atoms with Crippen molar-refractivity contribution >= 4 is 35.3 Å². The van der Waals surface area contributed by atoms with Gasteiger partial charge in [0.25, 0.3) is 11.4 Å². The van der Waals surface area contributed by atoms with Crippen LogP contribution in [0, 0.1) is 20.2 Å². The van der Waals surface area contributed by atoms with Crippen LogP contribution in [0.4, 0.5) is 11.4 Å². The number of nitrogens with one attached hydrogen (secondary N) is 2. The zero-order valence-electron chi connectivity index (χ0n) is 19.2. The van der Waals surface area contributed by atoms with Gasteiger partial charge in [0.05, 0.1) is 9.85 Å². The van der Waals surface area contributed by atoms with Gasteiger partial charge < -0.3 is 10.6 Å². The Balaban J connectivity index is 1.52. The lowest BCUT2D eigenvalue weighted by atomic mass is 10.1. The SMILES string of the molecule is O=C(/C=C/c1cccc([N+](=O)[O-])c1)NCCCCCCCNC(=O)/C=C/c1cccc([N+](=O)[O-])c1. The topological polar surface area (TPSA) is 144 Å². The molecule has 2 N–H and O–H groups in total. The van der Waals surface area contributed by atoms with Gasteiger partial charge in [0.15, 0.2) is 0 Å². The highest BCUT2D eigenvalue weighted by molar-refractivity contribution is 5.92. The van der Waals surface area contributed by atoms with Gasteiger partial charge in [-0.05, 0) is 36.1 Å². The normalized spacial score (nSPS) is 11.0. The maximum Gasteiger partial charge on any atom is 0.270 e. The van der Waals surface area contributed by atoms with E-state index in [9.17, 15) is 29.8 Å². The predicted molar refractivity (Wildman–Crippen MR) is 133 cm³/mol. The summed E-state index contributed by atoms with van der Waals surface area (Å²) >= 11 is 0. The number of amides is 2. The van der Waals surface area contributed by atoms with Gasteiger partial charge in [0.2, 0.25) is 11.8 Å². The molecule has 0 fully saturated rings. The van der Waals surface area contributed by atoms with Crippen LogP contribution in [0.25, 0.3) is 12.2 Å². The molecule has 0 aliphatic heterocycles. The third-order valence-electron chi connectivity index (χ3n) is 4.97. The molecule has 0 aliphatic carbocycles. The lowest BCUT2D eigenvalue weighted by Crippen LogP contribution is -2.22. The van der Waals surface area contributed by atoms with Crippen molar-refractivity contribution in [2.45, 2.75) is 32.1 Å². The van der Waals surface area contributed by atoms with Crippen molar-refractivity contribution in [2.24, 2.45) is 0 Å². The van der Waals surface area contributed by atoms with E-state index < -0.39 is 9.85 Å². The smallest absolute Gasteiger partial charge is 0.270 e. The van der Waals surface area contributed by atoms with Crippen LogP contribution in [-0.4, -0.2) is 34.8 Å². The van der Waals surface area contributed by atoms with E-state index in [1.807, 2.05) is 0 Å². The molecule has 0 aliphatic rings. The molecule has 2 amide bonds. The Morgan fingerprint density at radius 1 is 0.686 bits per heavy atom. The summed E-state index contributed by atoms with van der Waals surface area (Å²) in [6, 6.07) is 12.1. The lowest BCUT2D eigenvalue weighted by Gasteiger charge is -2.04. The van der Waals surface area contributed by atoms with Gasteiger partial charge in [-0.1, -0.05) is 43.5 Å². The van der Waals surface area contributed by atoms with E-state index in [-0.39, 0.29) is 23.2 Å². The fourth-order valence-corrected chi connectivity index (χ4v) is 3.15. The summed E-state index contributed by atoms with van der Waals surface area (Å²) < 4.78 is 0.